The summed E-state index contributed by atoms with van der Waals surface area (Å²) >= 11 is 6.03. The standard InChI is InChI=1S/C17H26ClN3O2/c1-12(2)15(17(23)19-10-7-11-21(3)4)20-16(22)13-8-5-6-9-14(13)18/h5-6,8-9,12,15H,7,10-11H2,1-4H3,(H,19,23)(H,20,22). The summed E-state index contributed by atoms with van der Waals surface area (Å²) in [4.78, 5) is 26.7. The number of halogens is 1. The topological polar surface area (TPSA) is 61.4 Å². The zero-order valence-electron chi connectivity index (χ0n) is 14.2. The van der Waals surface area contributed by atoms with Crippen molar-refractivity contribution in [2.45, 2.75) is 26.3 Å². The number of amides is 2. The van der Waals surface area contributed by atoms with Crippen LogP contribution < -0.4 is 10.6 Å². The third-order valence-corrected chi connectivity index (χ3v) is 3.77. The molecule has 0 aliphatic heterocycles. The molecule has 0 fully saturated rings. The van der Waals surface area contributed by atoms with Gasteiger partial charge in [0.1, 0.15) is 6.04 Å². The molecule has 0 radical (unpaired) electrons. The van der Waals surface area contributed by atoms with Crippen molar-refractivity contribution in [1.29, 1.82) is 0 Å². The first-order chi connectivity index (χ1) is 10.8. The van der Waals surface area contributed by atoms with Gasteiger partial charge in [0.25, 0.3) is 5.91 Å². The minimum atomic E-state index is -0.585. The molecule has 5 nitrogen and oxygen atoms in total. The Balaban J connectivity index is 2.62. The van der Waals surface area contributed by atoms with Gasteiger partial charge in [-0.2, -0.15) is 0 Å². The predicted octanol–water partition coefficient (Wildman–Crippen LogP) is 2.16. The van der Waals surface area contributed by atoms with Crippen LogP contribution in [-0.4, -0.2) is 49.9 Å². The lowest BCUT2D eigenvalue weighted by molar-refractivity contribution is -0.123. The highest BCUT2D eigenvalue weighted by Gasteiger charge is 2.25. The second kappa shape index (κ2) is 9.53. The van der Waals surface area contributed by atoms with Gasteiger partial charge in [-0.3, -0.25) is 9.59 Å². The molecule has 0 bridgehead atoms. The van der Waals surface area contributed by atoms with Crippen LogP contribution in [0.25, 0.3) is 0 Å². The normalized spacial score (nSPS) is 12.3. The van der Waals surface area contributed by atoms with Gasteiger partial charge in [0.05, 0.1) is 10.6 Å². The monoisotopic (exact) mass is 339 g/mol. The van der Waals surface area contributed by atoms with Crippen molar-refractivity contribution in [1.82, 2.24) is 15.5 Å². The largest absolute Gasteiger partial charge is 0.354 e. The van der Waals surface area contributed by atoms with Crippen molar-refractivity contribution in [3.63, 3.8) is 0 Å². The van der Waals surface area contributed by atoms with E-state index in [0.717, 1.165) is 13.0 Å². The van der Waals surface area contributed by atoms with Crippen molar-refractivity contribution in [2.75, 3.05) is 27.2 Å². The predicted molar refractivity (Wildman–Crippen MR) is 93.7 cm³/mol. The second-order valence-electron chi connectivity index (χ2n) is 6.12. The maximum Gasteiger partial charge on any atom is 0.253 e. The fourth-order valence-corrected chi connectivity index (χ4v) is 2.34. The molecular formula is C17H26ClN3O2. The molecule has 0 spiro atoms. The Morgan fingerprint density at radius 3 is 2.43 bits per heavy atom. The van der Waals surface area contributed by atoms with E-state index in [0.29, 0.717) is 17.1 Å². The van der Waals surface area contributed by atoms with Crippen LogP contribution in [0.4, 0.5) is 0 Å². The van der Waals surface area contributed by atoms with Crippen LogP contribution in [0.2, 0.25) is 5.02 Å². The summed E-state index contributed by atoms with van der Waals surface area (Å²) in [6.45, 7) is 5.29. The molecule has 1 atom stereocenters. The highest BCUT2D eigenvalue weighted by molar-refractivity contribution is 6.33. The first-order valence-corrected chi connectivity index (χ1v) is 8.18. The SMILES string of the molecule is CC(C)C(NC(=O)c1ccccc1Cl)C(=O)NCCCN(C)C. The van der Waals surface area contributed by atoms with Crippen LogP contribution in [-0.2, 0) is 4.79 Å². The minimum absolute atomic E-state index is 0.0183. The van der Waals surface area contributed by atoms with Crippen LogP contribution in [0.3, 0.4) is 0 Å². The van der Waals surface area contributed by atoms with Gasteiger partial charge in [-0.25, -0.2) is 0 Å². The Morgan fingerprint density at radius 1 is 1.22 bits per heavy atom. The van der Waals surface area contributed by atoms with E-state index in [4.69, 9.17) is 11.6 Å². The van der Waals surface area contributed by atoms with Gasteiger partial charge < -0.3 is 15.5 Å². The Morgan fingerprint density at radius 2 is 1.87 bits per heavy atom. The van der Waals surface area contributed by atoms with Gasteiger partial charge in [-0.15, -0.1) is 0 Å². The number of rotatable bonds is 8. The van der Waals surface area contributed by atoms with E-state index < -0.39 is 6.04 Å². The molecule has 2 amide bonds. The summed E-state index contributed by atoms with van der Waals surface area (Å²) in [5.41, 5.74) is 0.375. The fraction of sp³-hybridized carbons (Fsp3) is 0.529. The van der Waals surface area contributed by atoms with Gasteiger partial charge >= 0.3 is 0 Å². The Bertz CT molecular complexity index is 532. The average molecular weight is 340 g/mol. The second-order valence-corrected chi connectivity index (χ2v) is 6.53. The first kappa shape index (κ1) is 19.5. The molecule has 1 aromatic carbocycles. The van der Waals surface area contributed by atoms with Crippen LogP contribution in [0.1, 0.15) is 30.6 Å². The van der Waals surface area contributed by atoms with Crippen molar-refractivity contribution in [3.05, 3.63) is 34.9 Å². The Labute approximate surface area is 143 Å². The van der Waals surface area contributed by atoms with E-state index in [9.17, 15) is 9.59 Å². The number of carbonyl (C=O) groups is 2. The average Bonchev–Trinajstić information content (AvgIpc) is 2.48. The third kappa shape index (κ3) is 6.59. The molecule has 1 rings (SSSR count). The van der Waals surface area contributed by atoms with E-state index in [1.165, 1.54) is 0 Å². The van der Waals surface area contributed by atoms with E-state index in [1.54, 1.807) is 24.3 Å². The maximum atomic E-state index is 12.3. The summed E-state index contributed by atoms with van der Waals surface area (Å²) in [5.74, 6) is -0.521. The molecule has 0 aromatic heterocycles. The zero-order chi connectivity index (χ0) is 17.4. The molecule has 0 saturated carbocycles. The summed E-state index contributed by atoms with van der Waals surface area (Å²) in [6.07, 6.45) is 0.863. The molecule has 6 heteroatoms. The third-order valence-electron chi connectivity index (χ3n) is 3.44. The molecule has 0 saturated heterocycles. The van der Waals surface area contributed by atoms with Gasteiger partial charge in [0, 0.05) is 6.54 Å². The molecular weight excluding hydrogens is 314 g/mol. The van der Waals surface area contributed by atoms with Crippen LogP contribution >= 0.6 is 11.6 Å². The molecule has 128 valence electrons. The highest BCUT2D eigenvalue weighted by atomic mass is 35.5. The number of nitrogens with zero attached hydrogens (tertiary/aromatic N) is 1. The summed E-state index contributed by atoms with van der Waals surface area (Å²) in [7, 11) is 3.98. The van der Waals surface area contributed by atoms with Crippen molar-refractivity contribution < 1.29 is 9.59 Å². The molecule has 2 N–H and O–H groups in total. The van der Waals surface area contributed by atoms with Gasteiger partial charge in [0.2, 0.25) is 5.91 Å². The van der Waals surface area contributed by atoms with Crippen LogP contribution in [0.5, 0.6) is 0 Å². The fourth-order valence-electron chi connectivity index (χ4n) is 2.12. The lowest BCUT2D eigenvalue weighted by Crippen LogP contribution is -2.50. The van der Waals surface area contributed by atoms with Crippen molar-refractivity contribution in [2.24, 2.45) is 5.92 Å². The Hall–Kier alpha value is -1.59. The molecule has 0 aliphatic rings. The molecule has 0 aliphatic carbocycles. The number of hydrogen-bond acceptors (Lipinski definition) is 3. The molecule has 23 heavy (non-hydrogen) atoms. The van der Waals surface area contributed by atoms with Crippen molar-refractivity contribution in [3.8, 4) is 0 Å². The molecule has 1 aromatic rings. The lowest BCUT2D eigenvalue weighted by atomic mass is 10.0. The van der Waals surface area contributed by atoms with Gasteiger partial charge in [-0.1, -0.05) is 37.6 Å². The lowest BCUT2D eigenvalue weighted by Gasteiger charge is -2.22. The van der Waals surface area contributed by atoms with E-state index in [2.05, 4.69) is 15.5 Å². The highest BCUT2D eigenvalue weighted by Crippen LogP contribution is 2.15. The smallest absolute Gasteiger partial charge is 0.253 e. The van der Waals surface area contributed by atoms with E-state index in [1.807, 2.05) is 27.9 Å². The molecule has 0 heterocycles. The van der Waals surface area contributed by atoms with Gasteiger partial charge in [0.15, 0.2) is 0 Å². The van der Waals surface area contributed by atoms with E-state index >= 15 is 0 Å². The summed E-state index contributed by atoms with van der Waals surface area (Å²) in [6, 6.07) is 6.22. The zero-order valence-corrected chi connectivity index (χ0v) is 15.0. The van der Waals surface area contributed by atoms with Gasteiger partial charge in [-0.05, 0) is 45.1 Å². The van der Waals surface area contributed by atoms with Crippen LogP contribution in [0.15, 0.2) is 24.3 Å². The van der Waals surface area contributed by atoms with E-state index in [-0.39, 0.29) is 17.7 Å². The van der Waals surface area contributed by atoms with Crippen LogP contribution in [0, 0.1) is 5.92 Å². The quantitative estimate of drug-likeness (QED) is 0.713. The van der Waals surface area contributed by atoms with Crippen molar-refractivity contribution >= 4 is 23.4 Å². The maximum absolute atomic E-state index is 12.3. The number of hydrogen-bond donors (Lipinski definition) is 2. The number of carbonyl (C=O) groups excluding carboxylic acids is 2. The minimum Gasteiger partial charge on any atom is -0.354 e. The molecule has 1 unspecified atom stereocenters. The number of nitrogens with one attached hydrogen (secondary N) is 2. The number of benzene rings is 1. The Kier molecular flexibility index (Phi) is 8.06. The summed E-state index contributed by atoms with van der Waals surface area (Å²) < 4.78 is 0. The summed E-state index contributed by atoms with van der Waals surface area (Å²) in [5, 5.41) is 6.03. The first-order valence-electron chi connectivity index (χ1n) is 7.80.